The Morgan fingerprint density at radius 1 is 1.59 bits per heavy atom. The Balaban J connectivity index is 1.96. The smallest absolute Gasteiger partial charge is 0.222 e. The molecule has 0 radical (unpaired) electrons. The molecular weight excluding hydrogens is 216 g/mol. The van der Waals surface area contributed by atoms with Gasteiger partial charge in [0.1, 0.15) is 0 Å². The van der Waals surface area contributed by atoms with E-state index in [0.29, 0.717) is 6.42 Å². The summed E-state index contributed by atoms with van der Waals surface area (Å²) >= 11 is 0. The summed E-state index contributed by atoms with van der Waals surface area (Å²) in [6, 6.07) is 2.11. The molecule has 0 saturated carbocycles. The first kappa shape index (κ1) is 12.1. The van der Waals surface area contributed by atoms with E-state index in [0.717, 1.165) is 38.2 Å². The molecule has 5 heteroatoms. The van der Waals surface area contributed by atoms with Gasteiger partial charge in [-0.05, 0) is 19.0 Å². The van der Waals surface area contributed by atoms with Crippen LogP contribution in [0.4, 0.5) is 0 Å². The number of nitrogens with zero attached hydrogens (tertiary/aromatic N) is 3. The molecule has 1 N–H and O–H groups in total. The third-order valence-electron chi connectivity index (χ3n) is 3.04. The number of nitrogens with one attached hydrogen (secondary N) is 1. The van der Waals surface area contributed by atoms with E-state index < -0.39 is 0 Å². The molecule has 2 rings (SSSR count). The first-order chi connectivity index (χ1) is 8.16. The number of amides is 1. The van der Waals surface area contributed by atoms with Crippen molar-refractivity contribution in [3.05, 3.63) is 17.5 Å². The van der Waals surface area contributed by atoms with E-state index in [1.54, 1.807) is 19.0 Å². The van der Waals surface area contributed by atoms with Crippen molar-refractivity contribution in [2.75, 3.05) is 20.6 Å². The summed E-state index contributed by atoms with van der Waals surface area (Å²) in [4.78, 5) is 13.1. The summed E-state index contributed by atoms with van der Waals surface area (Å²) < 4.78 is 2.06. The fourth-order valence-corrected chi connectivity index (χ4v) is 2.00. The van der Waals surface area contributed by atoms with Crippen molar-refractivity contribution in [3.63, 3.8) is 0 Å². The average molecular weight is 236 g/mol. The summed E-state index contributed by atoms with van der Waals surface area (Å²) in [6.45, 7) is 2.91. The lowest BCUT2D eigenvalue weighted by Gasteiger charge is -2.08. The van der Waals surface area contributed by atoms with Crippen molar-refractivity contribution in [1.82, 2.24) is 20.0 Å². The molecule has 0 bridgehead atoms. The number of aromatic nitrogens is 2. The topological polar surface area (TPSA) is 50.2 Å². The minimum absolute atomic E-state index is 0.159. The maximum atomic E-state index is 11.5. The molecule has 5 nitrogen and oxygen atoms in total. The van der Waals surface area contributed by atoms with Crippen LogP contribution in [0.1, 0.15) is 24.2 Å². The van der Waals surface area contributed by atoms with E-state index in [1.807, 2.05) is 0 Å². The third kappa shape index (κ3) is 3.06. The predicted molar refractivity (Wildman–Crippen MR) is 65.6 cm³/mol. The van der Waals surface area contributed by atoms with E-state index >= 15 is 0 Å². The number of fused-ring (bicyclic) bond motifs is 1. The second-order valence-electron chi connectivity index (χ2n) is 4.67. The number of hydrogen-bond donors (Lipinski definition) is 1. The van der Waals surface area contributed by atoms with Gasteiger partial charge in [0.15, 0.2) is 0 Å². The van der Waals surface area contributed by atoms with Crippen LogP contribution < -0.4 is 5.32 Å². The summed E-state index contributed by atoms with van der Waals surface area (Å²) in [5.74, 6) is 0.159. The highest BCUT2D eigenvalue weighted by Gasteiger charge is 2.12. The highest BCUT2D eigenvalue weighted by atomic mass is 16.2. The number of rotatable bonds is 3. The van der Waals surface area contributed by atoms with Crippen LogP contribution in [0.25, 0.3) is 0 Å². The van der Waals surface area contributed by atoms with Gasteiger partial charge in [-0.3, -0.25) is 9.48 Å². The van der Waals surface area contributed by atoms with Gasteiger partial charge in [-0.25, -0.2) is 0 Å². The predicted octanol–water partition coefficient (Wildman–Crippen LogP) is 0.397. The maximum Gasteiger partial charge on any atom is 0.222 e. The first-order valence-corrected chi connectivity index (χ1v) is 6.13. The Morgan fingerprint density at radius 2 is 2.41 bits per heavy atom. The first-order valence-electron chi connectivity index (χ1n) is 6.13. The molecular formula is C12H20N4O. The van der Waals surface area contributed by atoms with Crippen LogP contribution in [0.15, 0.2) is 6.07 Å². The van der Waals surface area contributed by atoms with Gasteiger partial charge in [-0.15, -0.1) is 0 Å². The highest BCUT2D eigenvalue weighted by molar-refractivity contribution is 5.75. The monoisotopic (exact) mass is 236 g/mol. The summed E-state index contributed by atoms with van der Waals surface area (Å²) in [5.41, 5.74) is 2.26. The number of hydrogen-bond acceptors (Lipinski definition) is 3. The molecule has 17 heavy (non-hydrogen) atoms. The minimum atomic E-state index is 0.159. The van der Waals surface area contributed by atoms with Crippen LogP contribution in [-0.4, -0.2) is 41.2 Å². The molecule has 1 aromatic heterocycles. The lowest BCUT2D eigenvalue weighted by atomic mass is 10.2. The van der Waals surface area contributed by atoms with Gasteiger partial charge in [-0.2, -0.15) is 5.10 Å². The van der Waals surface area contributed by atoms with Crippen LogP contribution in [0.3, 0.4) is 0 Å². The molecule has 0 fully saturated rings. The van der Waals surface area contributed by atoms with E-state index in [4.69, 9.17) is 0 Å². The van der Waals surface area contributed by atoms with Gasteiger partial charge in [-0.1, -0.05) is 0 Å². The number of aryl methyl sites for hydroxylation is 2. The van der Waals surface area contributed by atoms with Gasteiger partial charge in [0, 0.05) is 40.0 Å². The van der Waals surface area contributed by atoms with Crippen molar-refractivity contribution in [2.24, 2.45) is 0 Å². The molecule has 94 valence electrons. The van der Waals surface area contributed by atoms with Crippen LogP contribution in [0.2, 0.25) is 0 Å². The van der Waals surface area contributed by atoms with E-state index in [-0.39, 0.29) is 5.91 Å². The molecule has 0 aromatic carbocycles. The molecule has 1 amide bonds. The fraction of sp³-hybridized carbons (Fsp3) is 0.667. The van der Waals surface area contributed by atoms with Crippen molar-refractivity contribution >= 4 is 5.91 Å². The molecule has 1 aliphatic rings. The van der Waals surface area contributed by atoms with E-state index in [1.165, 1.54) is 5.69 Å². The lowest BCUT2D eigenvalue weighted by molar-refractivity contribution is -0.128. The van der Waals surface area contributed by atoms with Crippen molar-refractivity contribution in [2.45, 2.75) is 32.4 Å². The van der Waals surface area contributed by atoms with Crippen molar-refractivity contribution in [3.8, 4) is 0 Å². The maximum absolute atomic E-state index is 11.5. The van der Waals surface area contributed by atoms with E-state index in [2.05, 4.69) is 21.2 Å². The van der Waals surface area contributed by atoms with E-state index in [9.17, 15) is 4.79 Å². The normalized spacial score (nSPS) is 15.2. The third-order valence-corrected chi connectivity index (χ3v) is 3.04. The van der Waals surface area contributed by atoms with Crippen LogP contribution in [-0.2, 0) is 24.3 Å². The second kappa shape index (κ2) is 5.31. The zero-order valence-electron chi connectivity index (χ0n) is 10.6. The summed E-state index contributed by atoms with van der Waals surface area (Å²) in [6.07, 6.45) is 2.39. The second-order valence-corrected chi connectivity index (χ2v) is 4.67. The lowest BCUT2D eigenvalue weighted by Crippen LogP contribution is -2.21. The highest BCUT2D eigenvalue weighted by Crippen LogP contribution is 2.10. The Hall–Kier alpha value is -1.36. The SMILES string of the molecule is CN(C)C(=O)CCc1cc2n(n1)CCCNC2. The standard InChI is InChI=1S/C12H20N4O/c1-15(2)12(17)5-4-10-8-11-9-13-6-3-7-16(11)14-10/h8,13H,3-7,9H2,1-2H3. The summed E-state index contributed by atoms with van der Waals surface area (Å²) in [5, 5.41) is 7.91. The molecule has 0 saturated heterocycles. The minimum Gasteiger partial charge on any atom is -0.349 e. The largest absolute Gasteiger partial charge is 0.349 e. The van der Waals surface area contributed by atoms with Crippen molar-refractivity contribution in [1.29, 1.82) is 0 Å². The number of carbonyl (C=O) groups excluding carboxylic acids is 1. The zero-order chi connectivity index (χ0) is 12.3. The van der Waals surface area contributed by atoms with Gasteiger partial charge in [0.2, 0.25) is 5.91 Å². The Kier molecular flexibility index (Phi) is 3.78. The van der Waals surface area contributed by atoms with Gasteiger partial charge < -0.3 is 10.2 Å². The van der Waals surface area contributed by atoms with Crippen molar-refractivity contribution < 1.29 is 4.79 Å². The van der Waals surface area contributed by atoms with Crippen LogP contribution >= 0.6 is 0 Å². The fourth-order valence-electron chi connectivity index (χ4n) is 2.00. The molecule has 2 heterocycles. The Bertz CT molecular complexity index is 374. The Morgan fingerprint density at radius 3 is 3.18 bits per heavy atom. The molecule has 0 spiro atoms. The molecule has 0 atom stereocenters. The summed E-state index contributed by atoms with van der Waals surface area (Å²) in [7, 11) is 3.57. The zero-order valence-corrected chi connectivity index (χ0v) is 10.6. The van der Waals surface area contributed by atoms with Crippen LogP contribution in [0, 0.1) is 0 Å². The quantitative estimate of drug-likeness (QED) is 0.826. The van der Waals surface area contributed by atoms with Crippen LogP contribution in [0.5, 0.6) is 0 Å². The Labute approximate surface area is 102 Å². The molecule has 1 aliphatic heterocycles. The molecule has 1 aromatic rings. The van der Waals surface area contributed by atoms with Gasteiger partial charge >= 0.3 is 0 Å². The average Bonchev–Trinajstić information content (AvgIpc) is 2.56. The van der Waals surface area contributed by atoms with Gasteiger partial charge in [0.05, 0.1) is 11.4 Å². The molecule has 0 aliphatic carbocycles. The number of carbonyl (C=O) groups is 1. The molecule has 0 unspecified atom stereocenters. The van der Waals surface area contributed by atoms with Gasteiger partial charge in [0.25, 0.3) is 0 Å².